The minimum Gasteiger partial charge on any atom is -0.478 e. The summed E-state index contributed by atoms with van der Waals surface area (Å²) in [6.07, 6.45) is 0. The quantitative estimate of drug-likeness (QED) is 0.644. The number of allylic oxidation sites excluding steroid dienone is 1. The van der Waals surface area contributed by atoms with Crippen LogP contribution in [-0.4, -0.2) is 19.1 Å². The lowest BCUT2D eigenvalue weighted by Gasteiger charge is -2.25. The Hall–Kier alpha value is -1.35. The van der Waals surface area contributed by atoms with Gasteiger partial charge in [0, 0.05) is 5.57 Å². The van der Waals surface area contributed by atoms with Crippen molar-refractivity contribution in [1.82, 2.24) is 0 Å². The molecule has 1 aromatic rings. The maximum absolute atomic E-state index is 11.0. The highest BCUT2D eigenvalue weighted by atomic mass is 28.3. The van der Waals surface area contributed by atoms with Crippen LogP contribution in [-0.2, 0) is 4.79 Å². The van der Waals surface area contributed by atoms with Gasteiger partial charge >= 0.3 is 5.97 Å². The van der Waals surface area contributed by atoms with E-state index >= 15 is 0 Å². The largest absolute Gasteiger partial charge is 0.478 e. The van der Waals surface area contributed by atoms with Crippen molar-refractivity contribution >= 4 is 19.2 Å². The maximum atomic E-state index is 11.0. The van der Waals surface area contributed by atoms with Gasteiger partial charge in [0.05, 0.1) is 0 Å². The fraction of sp³-hybridized carbons (Fsp3) is 0.308. The van der Waals surface area contributed by atoms with E-state index in [-0.39, 0.29) is 0 Å². The Morgan fingerprint density at radius 1 is 1.12 bits per heavy atom. The molecule has 86 valence electrons. The molecule has 0 aliphatic rings. The van der Waals surface area contributed by atoms with Gasteiger partial charge in [-0.05, 0) is 13.8 Å². The molecule has 0 unspecified atom stereocenters. The minimum atomic E-state index is -1.81. The second kappa shape index (κ2) is 4.66. The standard InChI is InChI=1S/C13H18O2Si/c1-10(13(14)15)11(2)16(3,4)12-8-6-5-7-9-12/h5-9H,1-4H3,(H,14,15)/b11-10+. The first kappa shape index (κ1) is 12.7. The molecule has 16 heavy (non-hydrogen) atoms. The molecular formula is C13H18O2Si. The zero-order valence-corrected chi connectivity index (χ0v) is 11.2. The molecule has 0 atom stereocenters. The smallest absolute Gasteiger partial charge is 0.330 e. The van der Waals surface area contributed by atoms with E-state index < -0.39 is 14.0 Å². The SMILES string of the molecule is C/C(C(=O)O)=C(/C)[Si](C)(C)c1ccccc1. The van der Waals surface area contributed by atoms with Gasteiger partial charge in [0.25, 0.3) is 0 Å². The molecule has 1 rings (SSSR count). The van der Waals surface area contributed by atoms with Gasteiger partial charge in [-0.3, -0.25) is 0 Å². The van der Waals surface area contributed by atoms with E-state index in [1.807, 2.05) is 25.1 Å². The van der Waals surface area contributed by atoms with Crippen molar-refractivity contribution in [3.63, 3.8) is 0 Å². The van der Waals surface area contributed by atoms with Gasteiger partial charge in [-0.25, -0.2) is 4.79 Å². The zero-order valence-electron chi connectivity index (χ0n) is 10.2. The predicted molar refractivity (Wildman–Crippen MR) is 69.6 cm³/mol. The number of carbonyl (C=O) groups is 1. The van der Waals surface area contributed by atoms with Crippen LogP contribution in [0.4, 0.5) is 0 Å². The van der Waals surface area contributed by atoms with E-state index in [0.717, 1.165) is 5.20 Å². The summed E-state index contributed by atoms with van der Waals surface area (Å²) >= 11 is 0. The molecule has 0 fully saturated rings. The molecule has 1 N–H and O–H groups in total. The van der Waals surface area contributed by atoms with Crippen molar-refractivity contribution in [2.45, 2.75) is 26.9 Å². The summed E-state index contributed by atoms with van der Waals surface area (Å²) in [5.41, 5.74) is 0.487. The highest BCUT2D eigenvalue weighted by Crippen LogP contribution is 2.18. The number of rotatable bonds is 3. The van der Waals surface area contributed by atoms with Crippen molar-refractivity contribution in [3.05, 3.63) is 41.1 Å². The molecule has 0 aromatic heterocycles. The molecule has 2 nitrogen and oxygen atoms in total. The number of carboxylic acids is 1. The first-order valence-electron chi connectivity index (χ1n) is 5.34. The zero-order chi connectivity index (χ0) is 12.3. The molecular weight excluding hydrogens is 216 g/mol. The van der Waals surface area contributed by atoms with Gasteiger partial charge in [-0.2, -0.15) is 0 Å². The van der Waals surface area contributed by atoms with Crippen LogP contribution < -0.4 is 5.19 Å². The van der Waals surface area contributed by atoms with Crippen molar-refractivity contribution in [1.29, 1.82) is 0 Å². The molecule has 3 heteroatoms. The normalized spacial score (nSPS) is 13.2. The maximum Gasteiger partial charge on any atom is 0.330 e. The van der Waals surface area contributed by atoms with E-state index in [1.54, 1.807) is 6.92 Å². The van der Waals surface area contributed by atoms with Crippen LogP contribution in [0.5, 0.6) is 0 Å². The topological polar surface area (TPSA) is 37.3 Å². The van der Waals surface area contributed by atoms with E-state index in [2.05, 4.69) is 25.2 Å². The number of aliphatic carboxylic acids is 1. The Morgan fingerprint density at radius 3 is 2.06 bits per heavy atom. The monoisotopic (exact) mass is 234 g/mol. The van der Waals surface area contributed by atoms with Gasteiger partial charge in [0.2, 0.25) is 0 Å². The van der Waals surface area contributed by atoms with Crippen molar-refractivity contribution < 1.29 is 9.90 Å². The average Bonchev–Trinajstić information content (AvgIpc) is 2.28. The van der Waals surface area contributed by atoms with E-state index in [9.17, 15) is 4.79 Å². The van der Waals surface area contributed by atoms with Crippen LogP contribution in [0.1, 0.15) is 13.8 Å². The fourth-order valence-corrected chi connectivity index (χ4v) is 4.20. The van der Waals surface area contributed by atoms with Crippen molar-refractivity contribution in [2.24, 2.45) is 0 Å². The molecule has 0 heterocycles. The summed E-state index contributed by atoms with van der Waals surface area (Å²) in [7, 11) is -1.81. The summed E-state index contributed by atoms with van der Waals surface area (Å²) in [6, 6.07) is 10.2. The van der Waals surface area contributed by atoms with Crippen LogP contribution in [0.2, 0.25) is 13.1 Å². The summed E-state index contributed by atoms with van der Waals surface area (Å²) in [5, 5.41) is 11.3. The van der Waals surface area contributed by atoms with Gasteiger partial charge in [-0.15, -0.1) is 0 Å². The van der Waals surface area contributed by atoms with E-state index in [1.165, 1.54) is 5.19 Å². The van der Waals surface area contributed by atoms with E-state index in [0.29, 0.717) is 5.57 Å². The number of benzene rings is 1. The molecule has 0 saturated heterocycles. The number of carboxylic acid groups (broad SMARTS) is 1. The van der Waals surface area contributed by atoms with Crippen LogP contribution in [0.15, 0.2) is 41.1 Å². The summed E-state index contributed by atoms with van der Waals surface area (Å²) in [5.74, 6) is -0.811. The number of hydrogen-bond donors (Lipinski definition) is 1. The molecule has 0 aliphatic heterocycles. The Kier molecular flexibility index (Phi) is 3.70. The first-order chi connectivity index (χ1) is 7.37. The van der Waals surface area contributed by atoms with Gasteiger partial charge in [-0.1, -0.05) is 53.8 Å². The Labute approximate surface area is 97.6 Å². The summed E-state index contributed by atoms with van der Waals surface area (Å²) in [6.45, 7) is 8.01. The Bertz CT molecular complexity index is 419. The second-order valence-corrected chi connectivity index (χ2v) is 9.12. The van der Waals surface area contributed by atoms with Gasteiger partial charge in [0.1, 0.15) is 8.07 Å². The number of hydrogen-bond acceptors (Lipinski definition) is 1. The fourth-order valence-electron chi connectivity index (χ4n) is 1.70. The van der Waals surface area contributed by atoms with Crippen LogP contribution in [0.25, 0.3) is 0 Å². The third kappa shape index (κ3) is 2.42. The average molecular weight is 234 g/mol. The van der Waals surface area contributed by atoms with Crippen molar-refractivity contribution in [3.8, 4) is 0 Å². The molecule has 1 aromatic carbocycles. The van der Waals surface area contributed by atoms with Crippen molar-refractivity contribution in [2.75, 3.05) is 0 Å². The third-order valence-electron chi connectivity index (χ3n) is 3.32. The highest BCUT2D eigenvalue weighted by molar-refractivity contribution is 6.95. The highest BCUT2D eigenvalue weighted by Gasteiger charge is 2.28. The molecule has 0 amide bonds. The van der Waals surface area contributed by atoms with E-state index in [4.69, 9.17) is 5.11 Å². The van der Waals surface area contributed by atoms with Crippen LogP contribution >= 0.6 is 0 Å². The van der Waals surface area contributed by atoms with Gasteiger partial charge in [0.15, 0.2) is 0 Å². The summed E-state index contributed by atoms with van der Waals surface area (Å²) in [4.78, 5) is 11.0. The van der Waals surface area contributed by atoms with Gasteiger partial charge < -0.3 is 5.11 Å². The Morgan fingerprint density at radius 2 is 1.62 bits per heavy atom. The van der Waals surface area contributed by atoms with Crippen LogP contribution in [0, 0.1) is 0 Å². The molecule has 0 bridgehead atoms. The predicted octanol–water partition coefficient (Wildman–Crippen LogP) is 2.56. The first-order valence-corrected chi connectivity index (χ1v) is 8.34. The molecule has 0 radical (unpaired) electrons. The van der Waals surface area contributed by atoms with Crippen LogP contribution in [0.3, 0.4) is 0 Å². The molecule has 0 aliphatic carbocycles. The summed E-state index contributed by atoms with van der Waals surface area (Å²) < 4.78 is 0. The molecule has 0 spiro atoms. The lowest BCUT2D eigenvalue weighted by Crippen LogP contribution is -2.43. The second-order valence-electron chi connectivity index (χ2n) is 4.55. The lowest BCUT2D eigenvalue weighted by molar-refractivity contribution is -0.132. The Balaban J connectivity index is 3.22. The molecule has 0 saturated carbocycles. The lowest BCUT2D eigenvalue weighted by atomic mass is 10.3. The minimum absolute atomic E-state index is 0.487. The third-order valence-corrected chi connectivity index (χ3v) is 7.34.